The zero-order chi connectivity index (χ0) is 16.5. The van der Waals surface area contributed by atoms with E-state index < -0.39 is 0 Å². The molecule has 2 fully saturated rings. The summed E-state index contributed by atoms with van der Waals surface area (Å²) in [6.07, 6.45) is 6.55. The summed E-state index contributed by atoms with van der Waals surface area (Å²) in [5, 5.41) is 8.20. The smallest absolute Gasteiger partial charge is 0.267 e. The normalized spacial score (nSPS) is 24.2. The third-order valence-electron chi connectivity index (χ3n) is 5.08. The Balaban J connectivity index is 1.34. The molecular weight excluding hydrogens is 370 g/mol. The predicted octanol–water partition coefficient (Wildman–Crippen LogP) is 3.75. The Morgan fingerprint density at radius 2 is 1.92 bits per heavy atom. The van der Waals surface area contributed by atoms with Crippen molar-refractivity contribution in [2.45, 2.75) is 63.1 Å². The van der Waals surface area contributed by atoms with Crippen LogP contribution in [0.2, 0.25) is 0 Å². The molecule has 0 unspecified atom stereocenters. The Hall–Kier alpha value is -1.40. The number of furan rings is 1. The van der Waals surface area contributed by atoms with Crippen LogP contribution in [-0.4, -0.2) is 15.8 Å². The second kappa shape index (κ2) is 6.84. The lowest BCUT2D eigenvalue weighted by molar-refractivity contribution is 0.263. The van der Waals surface area contributed by atoms with E-state index in [1.165, 1.54) is 12.8 Å². The summed E-state index contributed by atoms with van der Waals surface area (Å²) in [4.78, 5) is 12.2. The van der Waals surface area contributed by atoms with Gasteiger partial charge in [0.25, 0.3) is 5.56 Å². The van der Waals surface area contributed by atoms with Crippen LogP contribution in [0.4, 0.5) is 0 Å². The maximum absolute atomic E-state index is 12.2. The molecule has 0 aliphatic heterocycles. The first-order valence-corrected chi connectivity index (χ1v) is 9.56. The summed E-state index contributed by atoms with van der Waals surface area (Å²) in [6.45, 7) is 0.746. The van der Waals surface area contributed by atoms with Crippen LogP contribution in [0.25, 0.3) is 0 Å². The van der Waals surface area contributed by atoms with E-state index in [1.807, 2.05) is 18.2 Å². The molecule has 2 aliphatic rings. The van der Waals surface area contributed by atoms with Crippen LogP contribution in [-0.2, 0) is 6.54 Å². The number of aromatic nitrogens is 2. The van der Waals surface area contributed by atoms with Crippen molar-refractivity contribution in [1.82, 2.24) is 15.1 Å². The summed E-state index contributed by atoms with van der Waals surface area (Å²) in [7, 11) is 0. The van der Waals surface area contributed by atoms with Crippen molar-refractivity contribution in [3.63, 3.8) is 0 Å². The van der Waals surface area contributed by atoms with Gasteiger partial charge in [0.2, 0.25) is 0 Å². The van der Waals surface area contributed by atoms with Gasteiger partial charge in [-0.05, 0) is 72.7 Å². The molecular formula is C18H22BrN3O2. The standard InChI is InChI=1S/C18H22BrN3O2/c19-17-9-7-15(24-17)11-20-13-3-5-14(6-4-13)22-18(23)10-8-16(21-22)12-1-2-12/h7-10,12-14,20H,1-6,11H2. The summed E-state index contributed by atoms with van der Waals surface area (Å²) in [5.74, 6) is 1.53. The van der Waals surface area contributed by atoms with Crippen molar-refractivity contribution >= 4 is 15.9 Å². The van der Waals surface area contributed by atoms with Gasteiger partial charge in [-0.3, -0.25) is 4.79 Å². The van der Waals surface area contributed by atoms with Gasteiger partial charge in [0.05, 0.1) is 18.3 Å². The maximum Gasteiger partial charge on any atom is 0.267 e. The molecule has 128 valence electrons. The van der Waals surface area contributed by atoms with E-state index in [1.54, 1.807) is 10.7 Å². The van der Waals surface area contributed by atoms with E-state index in [-0.39, 0.29) is 11.6 Å². The number of nitrogens with zero attached hydrogens (tertiary/aromatic N) is 2. The molecule has 6 heteroatoms. The largest absolute Gasteiger partial charge is 0.453 e. The van der Waals surface area contributed by atoms with Crippen molar-refractivity contribution in [1.29, 1.82) is 0 Å². The Bertz CT molecular complexity index is 758. The third-order valence-corrected chi connectivity index (χ3v) is 5.50. The Kier molecular flexibility index (Phi) is 4.59. The van der Waals surface area contributed by atoms with Gasteiger partial charge in [0.1, 0.15) is 5.76 Å². The summed E-state index contributed by atoms with van der Waals surface area (Å²) in [6, 6.07) is 8.22. The molecule has 0 amide bonds. The van der Waals surface area contributed by atoms with Gasteiger partial charge in [-0.25, -0.2) is 4.68 Å². The number of hydrogen-bond donors (Lipinski definition) is 1. The minimum Gasteiger partial charge on any atom is -0.453 e. The first kappa shape index (κ1) is 16.1. The molecule has 0 bridgehead atoms. The Labute approximate surface area is 149 Å². The van der Waals surface area contributed by atoms with Crippen LogP contribution in [0, 0.1) is 0 Å². The highest BCUT2D eigenvalue weighted by Crippen LogP contribution is 2.38. The second-order valence-electron chi connectivity index (χ2n) is 6.91. The maximum atomic E-state index is 12.2. The SMILES string of the molecule is O=c1ccc(C2CC2)nn1C1CCC(NCc2ccc(Br)o2)CC1. The summed E-state index contributed by atoms with van der Waals surface area (Å²) >= 11 is 3.33. The van der Waals surface area contributed by atoms with Gasteiger partial charge in [0.15, 0.2) is 4.67 Å². The third kappa shape index (κ3) is 3.64. The first-order chi connectivity index (χ1) is 11.7. The van der Waals surface area contributed by atoms with Crippen LogP contribution in [0.1, 0.15) is 61.9 Å². The van der Waals surface area contributed by atoms with Gasteiger partial charge in [-0.2, -0.15) is 5.10 Å². The molecule has 0 saturated heterocycles. The molecule has 2 aromatic rings. The van der Waals surface area contributed by atoms with E-state index in [0.29, 0.717) is 12.0 Å². The molecule has 2 aromatic heterocycles. The van der Waals surface area contributed by atoms with E-state index in [0.717, 1.165) is 48.4 Å². The van der Waals surface area contributed by atoms with Crippen LogP contribution in [0.5, 0.6) is 0 Å². The van der Waals surface area contributed by atoms with E-state index >= 15 is 0 Å². The van der Waals surface area contributed by atoms with Crippen molar-refractivity contribution in [3.8, 4) is 0 Å². The quantitative estimate of drug-likeness (QED) is 0.842. The molecule has 0 aromatic carbocycles. The lowest BCUT2D eigenvalue weighted by Gasteiger charge is -2.29. The van der Waals surface area contributed by atoms with Crippen LogP contribution < -0.4 is 10.9 Å². The fourth-order valence-corrected chi connectivity index (χ4v) is 3.85. The van der Waals surface area contributed by atoms with Gasteiger partial charge >= 0.3 is 0 Å². The second-order valence-corrected chi connectivity index (χ2v) is 7.69. The first-order valence-electron chi connectivity index (χ1n) is 8.76. The monoisotopic (exact) mass is 391 g/mol. The van der Waals surface area contributed by atoms with Crippen molar-refractivity contribution in [3.05, 3.63) is 50.7 Å². The highest BCUT2D eigenvalue weighted by atomic mass is 79.9. The summed E-state index contributed by atoms with van der Waals surface area (Å²) in [5.41, 5.74) is 1.13. The number of hydrogen-bond acceptors (Lipinski definition) is 4. The predicted molar refractivity (Wildman–Crippen MR) is 95.0 cm³/mol. The van der Waals surface area contributed by atoms with E-state index in [4.69, 9.17) is 4.42 Å². The van der Waals surface area contributed by atoms with E-state index in [9.17, 15) is 4.79 Å². The zero-order valence-corrected chi connectivity index (χ0v) is 15.2. The van der Waals surface area contributed by atoms with Crippen LogP contribution in [0.15, 0.2) is 38.1 Å². The molecule has 0 atom stereocenters. The van der Waals surface area contributed by atoms with Gasteiger partial charge < -0.3 is 9.73 Å². The molecule has 5 nitrogen and oxygen atoms in total. The molecule has 0 spiro atoms. The van der Waals surface area contributed by atoms with Crippen molar-refractivity contribution in [2.24, 2.45) is 0 Å². The highest BCUT2D eigenvalue weighted by molar-refractivity contribution is 9.10. The molecule has 2 aliphatic carbocycles. The fraction of sp³-hybridized carbons (Fsp3) is 0.556. The van der Waals surface area contributed by atoms with Gasteiger partial charge in [-0.1, -0.05) is 0 Å². The zero-order valence-electron chi connectivity index (χ0n) is 13.6. The molecule has 4 rings (SSSR count). The number of rotatable bonds is 5. The van der Waals surface area contributed by atoms with Crippen LogP contribution >= 0.6 is 15.9 Å². The number of halogens is 1. The Morgan fingerprint density at radius 3 is 2.58 bits per heavy atom. The van der Waals surface area contributed by atoms with E-state index in [2.05, 4.69) is 26.3 Å². The molecule has 1 N–H and O–H groups in total. The van der Waals surface area contributed by atoms with Crippen molar-refractivity contribution in [2.75, 3.05) is 0 Å². The molecule has 24 heavy (non-hydrogen) atoms. The average Bonchev–Trinajstić information content (AvgIpc) is 3.36. The van der Waals surface area contributed by atoms with Crippen LogP contribution in [0.3, 0.4) is 0 Å². The fourth-order valence-electron chi connectivity index (χ4n) is 3.51. The lowest BCUT2D eigenvalue weighted by Crippen LogP contribution is -2.36. The lowest BCUT2D eigenvalue weighted by atomic mass is 9.91. The Morgan fingerprint density at radius 1 is 1.12 bits per heavy atom. The van der Waals surface area contributed by atoms with Gasteiger partial charge in [0, 0.05) is 18.0 Å². The molecule has 2 saturated carbocycles. The highest BCUT2D eigenvalue weighted by Gasteiger charge is 2.28. The topological polar surface area (TPSA) is 60.1 Å². The minimum atomic E-state index is 0.0382. The van der Waals surface area contributed by atoms with Crippen molar-refractivity contribution < 1.29 is 4.42 Å². The average molecular weight is 392 g/mol. The molecule has 0 radical (unpaired) electrons. The minimum absolute atomic E-state index is 0.0382. The summed E-state index contributed by atoms with van der Waals surface area (Å²) < 4.78 is 8.03. The number of nitrogens with one attached hydrogen (secondary N) is 1. The van der Waals surface area contributed by atoms with Gasteiger partial charge in [-0.15, -0.1) is 0 Å². The molecule has 2 heterocycles.